The molecule has 0 aromatic heterocycles. The number of nitrogens with two attached hydrogens (primary N) is 1. The number of hydrogen-bond acceptors (Lipinski definition) is 7. The number of thioether (sulfide) groups is 2. The molecule has 2 atom stereocenters. The van der Waals surface area contributed by atoms with Crippen LogP contribution in [0.1, 0.15) is 30.1 Å². The zero-order chi connectivity index (χ0) is 22.8. The van der Waals surface area contributed by atoms with Crippen LogP contribution < -0.4 is 5.73 Å². The number of carbonyl (C=O) groups excluding carboxylic acids is 2. The first-order chi connectivity index (χ1) is 16.1. The lowest BCUT2D eigenvalue weighted by Crippen LogP contribution is -2.68. The molecule has 172 valence electrons. The first-order valence-corrected chi connectivity index (χ1v) is 13.0. The van der Waals surface area contributed by atoms with Gasteiger partial charge in [-0.2, -0.15) is 0 Å². The summed E-state index contributed by atoms with van der Waals surface area (Å²) in [6.45, 7) is 1.44. The van der Waals surface area contributed by atoms with Crippen molar-refractivity contribution in [2.75, 3.05) is 19.0 Å². The maximum atomic E-state index is 13.7. The van der Waals surface area contributed by atoms with Crippen LogP contribution in [0.25, 0.3) is 0 Å². The molecular formula is C25H26N2O4S2. The third kappa shape index (κ3) is 4.57. The lowest BCUT2D eigenvalue weighted by Gasteiger charge is -2.48. The van der Waals surface area contributed by atoms with Crippen molar-refractivity contribution in [3.05, 3.63) is 82.4 Å². The third-order valence-electron chi connectivity index (χ3n) is 6.07. The Bertz CT molecular complexity index is 1000. The highest BCUT2D eigenvalue weighted by Crippen LogP contribution is 2.45. The van der Waals surface area contributed by atoms with Crippen molar-refractivity contribution in [2.45, 2.75) is 35.6 Å². The van der Waals surface area contributed by atoms with Crippen LogP contribution in [0.2, 0.25) is 0 Å². The Kier molecular flexibility index (Phi) is 6.78. The van der Waals surface area contributed by atoms with E-state index in [1.165, 1.54) is 0 Å². The van der Waals surface area contributed by atoms with E-state index >= 15 is 0 Å². The number of amides is 1. The number of fused-ring (bicyclic) bond motifs is 1. The molecule has 3 aliphatic rings. The zero-order valence-electron chi connectivity index (χ0n) is 18.1. The van der Waals surface area contributed by atoms with Gasteiger partial charge in [-0.1, -0.05) is 60.7 Å². The van der Waals surface area contributed by atoms with E-state index in [1.807, 2.05) is 60.7 Å². The monoisotopic (exact) mass is 482 g/mol. The molecule has 33 heavy (non-hydrogen) atoms. The molecule has 0 bridgehead atoms. The SMILES string of the molecule is NC1C(=O)N2C(C(=O)OC(c3ccccc3)c3ccccc3)=C(SC3CCOCC3)CSC12. The summed E-state index contributed by atoms with van der Waals surface area (Å²) < 4.78 is 11.6. The highest BCUT2D eigenvalue weighted by Gasteiger charge is 2.52. The van der Waals surface area contributed by atoms with Crippen LogP contribution in [0, 0.1) is 0 Å². The number of β-lactam (4-membered cyclic amide) rings is 1. The van der Waals surface area contributed by atoms with Crippen molar-refractivity contribution in [1.29, 1.82) is 0 Å². The molecule has 2 saturated heterocycles. The number of rotatable bonds is 6. The summed E-state index contributed by atoms with van der Waals surface area (Å²) in [6.07, 6.45) is 1.28. The number of hydrogen-bond donors (Lipinski definition) is 1. The van der Waals surface area contributed by atoms with Gasteiger partial charge in [0, 0.05) is 29.1 Å². The predicted molar refractivity (Wildman–Crippen MR) is 130 cm³/mol. The van der Waals surface area contributed by atoms with Gasteiger partial charge >= 0.3 is 5.97 Å². The van der Waals surface area contributed by atoms with Gasteiger partial charge in [0.1, 0.15) is 17.1 Å². The van der Waals surface area contributed by atoms with E-state index in [9.17, 15) is 9.59 Å². The Morgan fingerprint density at radius 3 is 2.27 bits per heavy atom. The fourth-order valence-corrected chi connectivity index (χ4v) is 7.05. The first kappa shape index (κ1) is 22.5. The Morgan fingerprint density at radius 1 is 1.06 bits per heavy atom. The molecule has 2 fully saturated rings. The minimum Gasteiger partial charge on any atom is -0.448 e. The Balaban J connectivity index is 1.47. The highest BCUT2D eigenvalue weighted by atomic mass is 32.2. The largest absolute Gasteiger partial charge is 0.448 e. The molecule has 6 nitrogen and oxygen atoms in total. The molecule has 2 aromatic rings. The minimum absolute atomic E-state index is 0.217. The molecule has 3 aliphatic heterocycles. The molecule has 1 amide bonds. The number of carbonyl (C=O) groups is 2. The van der Waals surface area contributed by atoms with E-state index in [1.54, 1.807) is 28.4 Å². The van der Waals surface area contributed by atoms with Gasteiger partial charge in [-0.25, -0.2) is 4.79 Å². The molecule has 3 heterocycles. The average Bonchev–Trinajstić information content (AvgIpc) is 2.88. The van der Waals surface area contributed by atoms with E-state index in [0.717, 1.165) is 42.1 Å². The van der Waals surface area contributed by atoms with Gasteiger partial charge in [0.2, 0.25) is 5.91 Å². The van der Waals surface area contributed by atoms with Crippen molar-refractivity contribution in [2.24, 2.45) is 5.73 Å². The fraction of sp³-hybridized carbons (Fsp3) is 0.360. The van der Waals surface area contributed by atoms with Crippen LogP contribution in [0.3, 0.4) is 0 Å². The van der Waals surface area contributed by atoms with Crippen molar-refractivity contribution in [3.8, 4) is 0 Å². The number of benzene rings is 2. The molecule has 0 spiro atoms. The summed E-state index contributed by atoms with van der Waals surface area (Å²) in [5, 5.41) is 0.142. The van der Waals surface area contributed by atoms with Crippen molar-refractivity contribution in [3.63, 3.8) is 0 Å². The van der Waals surface area contributed by atoms with Crippen LogP contribution in [0.4, 0.5) is 0 Å². The number of ether oxygens (including phenoxy) is 2. The summed E-state index contributed by atoms with van der Waals surface area (Å²) in [6, 6.07) is 18.8. The van der Waals surface area contributed by atoms with Crippen molar-refractivity contribution >= 4 is 35.4 Å². The Hall–Kier alpha value is -2.26. The molecule has 0 radical (unpaired) electrons. The lowest BCUT2D eigenvalue weighted by atomic mass is 10.0. The van der Waals surface area contributed by atoms with E-state index in [4.69, 9.17) is 15.2 Å². The zero-order valence-corrected chi connectivity index (χ0v) is 19.7. The molecule has 0 saturated carbocycles. The van der Waals surface area contributed by atoms with Crippen LogP contribution >= 0.6 is 23.5 Å². The van der Waals surface area contributed by atoms with Crippen LogP contribution in [-0.2, 0) is 19.1 Å². The maximum Gasteiger partial charge on any atom is 0.356 e. The third-order valence-corrected chi connectivity index (χ3v) is 8.99. The molecule has 2 aromatic carbocycles. The normalized spacial score (nSPS) is 23.3. The summed E-state index contributed by atoms with van der Waals surface area (Å²) in [5.74, 6) is -0.0522. The summed E-state index contributed by atoms with van der Waals surface area (Å²) in [4.78, 5) is 28.8. The second-order valence-corrected chi connectivity index (χ2v) is 10.7. The lowest BCUT2D eigenvalue weighted by molar-refractivity contribution is -0.152. The van der Waals surface area contributed by atoms with Crippen LogP contribution in [-0.4, -0.2) is 52.4 Å². The van der Waals surface area contributed by atoms with Gasteiger partial charge in [-0.3, -0.25) is 9.69 Å². The van der Waals surface area contributed by atoms with Crippen LogP contribution in [0.15, 0.2) is 71.3 Å². The molecule has 5 rings (SSSR count). The maximum absolute atomic E-state index is 13.7. The number of esters is 1. The Labute approximate surface area is 201 Å². The standard InChI is InChI=1S/C25H26N2O4S2/c26-20-23(28)27-21(19(15-32-24(20)27)33-18-11-13-30-14-12-18)25(29)31-22(16-7-3-1-4-8-16)17-9-5-2-6-10-17/h1-10,18,20,22,24H,11-15,26H2. The summed E-state index contributed by atoms with van der Waals surface area (Å²) >= 11 is 3.30. The van der Waals surface area contributed by atoms with E-state index < -0.39 is 18.1 Å². The van der Waals surface area contributed by atoms with E-state index in [0.29, 0.717) is 16.7 Å². The summed E-state index contributed by atoms with van der Waals surface area (Å²) in [5.41, 5.74) is 8.16. The van der Waals surface area contributed by atoms with Crippen molar-refractivity contribution in [1.82, 2.24) is 4.90 Å². The summed E-state index contributed by atoms with van der Waals surface area (Å²) in [7, 11) is 0. The van der Waals surface area contributed by atoms with Crippen molar-refractivity contribution < 1.29 is 19.1 Å². The molecule has 2 unspecified atom stereocenters. The predicted octanol–water partition coefficient (Wildman–Crippen LogP) is 3.69. The molecule has 0 aliphatic carbocycles. The second kappa shape index (κ2) is 9.93. The topological polar surface area (TPSA) is 81.9 Å². The van der Waals surface area contributed by atoms with Crippen LogP contribution in [0.5, 0.6) is 0 Å². The first-order valence-electron chi connectivity index (χ1n) is 11.1. The Morgan fingerprint density at radius 2 is 1.67 bits per heavy atom. The van der Waals surface area contributed by atoms with Gasteiger partial charge in [-0.05, 0) is 24.0 Å². The van der Waals surface area contributed by atoms with Gasteiger partial charge in [-0.15, -0.1) is 23.5 Å². The van der Waals surface area contributed by atoms with Gasteiger partial charge < -0.3 is 15.2 Å². The fourth-order valence-electron chi connectivity index (χ4n) is 4.31. The van der Waals surface area contributed by atoms with E-state index in [2.05, 4.69) is 0 Å². The minimum atomic E-state index is -0.577. The second-order valence-electron chi connectivity index (χ2n) is 8.24. The highest BCUT2D eigenvalue weighted by molar-refractivity contribution is 8.06. The van der Waals surface area contributed by atoms with Gasteiger partial charge in [0.15, 0.2) is 6.10 Å². The number of nitrogens with zero attached hydrogens (tertiary/aromatic N) is 1. The molecule has 2 N–H and O–H groups in total. The molecular weight excluding hydrogens is 456 g/mol. The van der Waals surface area contributed by atoms with E-state index in [-0.39, 0.29) is 11.3 Å². The average molecular weight is 483 g/mol. The molecule has 8 heteroatoms. The quantitative estimate of drug-likeness (QED) is 0.497. The smallest absolute Gasteiger partial charge is 0.356 e. The van der Waals surface area contributed by atoms with Gasteiger partial charge in [0.25, 0.3) is 0 Å². The van der Waals surface area contributed by atoms with Gasteiger partial charge in [0.05, 0.1) is 0 Å².